The second kappa shape index (κ2) is 8.75. The molecule has 1 fully saturated rings. The number of aromatic nitrogens is 1. The summed E-state index contributed by atoms with van der Waals surface area (Å²) >= 11 is 1.30. The fourth-order valence-electron chi connectivity index (χ4n) is 3.82. The van der Waals surface area contributed by atoms with E-state index in [1.807, 2.05) is 0 Å². The lowest BCUT2D eigenvalue weighted by atomic mass is 9.97. The number of nitrogens with zero attached hydrogens (tertiary/aromatic N) is 2. The molecule has 0 saturated carbocycles. The topological polar surface area (TPSA) is 129 Å². The van der Waals surface area contributed by atoms with Crippen molar-refractivity contribution in [2.45, 2.75) is 17.6 Å². The molecule has 0 bridgehead atoms. The summed E-state index contributed by atoms with van der Waals surface area (Å²) in [6.45, 7) is 0.226. The highest BCUT2D eigenvalue weighted by atomic mass is 32.2. The van der Waals surface area contributed by atoms with Crippen molar-refractivity contribution in [2.75, 3.05) is 20.0 Å². The van der Waals surface area contributed by atoms with Crippen molar-refractivity contribution in [3.8, 4) is 11.5 Å². The van der Waals surface area contributed by atoms with Gasteiger partial charge < -0.3 is 25.0 Å². The minimum absolute atomic E-state index is 0.0900. The zero-order chi connectivity index (χ0) is 23.8. The molecule has 0 spiro atoms. The second-order valence-electron chi connectivity index (χ2n) is 7.45. The first-order valence-corrected chi connectivity index (χ1v) is 11.0. The molecule has 2 aliphatic heterocycles. The minimum Gasteiger partial charge on any atom is -0.507 e. The average Bonchev–Trinajstić information content (AvgIpc) is 2.83. The summed E-state index contributed by atoms with van der Waals surface area (Å²) in [6, 6.07) is 9.33. The van der Waals surface area contributed by atoms with Gasteiger partial charge in [-0.2, -0.15) is 0 Å². The van der Waals surface area contributed by atoms with Crippen LogP contribution >= 0.6 is 11.8 Å². The molecule has 3 heterocycles. The Hall–Kier alpha value is -3.57. The Morgan fingerprint density at radius 3 is 2.45 bits per heavy atom. The molecule has 2 aromatic rings. The smallest absolute Gasteiger partial charge is 0.352 e. The molecular weight excluding hydrogens is 450 g/mol. The molecule has 2 aliphatic rings. The summed E-state index contributed by atoms with van der Waals surface area (Å²) in [5.74, 6) is -1.44. The van der Waals surface area contributed by atoms with Crippen LogP contribution in [-0.2, 0) is 20.9 Å². The molecule has 4 rings (SSSR count). The van der Waals surface area contributed by atoms with Crippen molar-refractivity contribution >= 4 is 29.5 Å². The van der Waals surface area contributed by atoms with Crippen molar-refractivity contribution in [2.24, 2.45) is 0 Å². The second-order valence-corrected chi connectivity index (χ2v) is 8.52. The summed E-state index contributed by atoms with van der Waals surface area (Å²) in [4.78, 5) is 39.3. The highest BCUT2D eigenvalue weighted by molar-refractivity contribution is 8.00. The van der Waals surface area contributed by atoms with Crippen LogP contribution in [-0.4, -0.2) is 64.0 Å². The summed E-state index contributed by atoms with van der Waals surface area (Å²) in [5, 5.41) is 21.2. The first-order chi connectivity index (χ1) is 15.8. The molecule has 2 amide bonds. The van der Waals surface area contributed by atoms with E-state index in [0.29, 0.717) is 22.6 Å². The molecule has 11 heteroatoms. The Morgan fingerprint density at radius 1 is 1.21 bits per heavy atom. The standard InChI is InChI=1S/C22H21N3O7S/c1-31-16-5-3-13(4-6-16)18(27)23-22(32-2)20(30)25-17(19(28)29)14(12-33-21(22)25)11-24-9-7-15(26)8-10-24/h3-10,21H,11-12H2,1-2H3,(H2,23,27,28,29)/p+1/t21-,22?/m0/s1. The first-order valence-electron chi connectivity index (χ1n) is 9.91. The van der Waals surface area contributed by atoms with Crippen molar-refractivity contribution in [1.82, 2.24) is 10.2 Å². The van der Waals surface area contributed by atoms with Gasteiger partial charge in [0.1, 0.15) is 22.6 Å². The van der Waals surface area contributed by atoms with Crippen molar-refractivity contribution in [3.63, 3.8) is 0 Å². The predicted molar refractivity (Wildman–Crippen MR) is 116 cm³/mol. The number of thioether (sulfide) groups is 1. The molecule has 172 valence electrons. The molecule has 3 N–H and O–H groups in total. The number of ether oxygens (including phenoxy) is 2. The zero-order valence-electron chi connectivity index (χ0n) is 17.8. The number of amides is 2. The number of carbonyl (C=O) groups is 3. The fraction of sp³-hybridized carbons (Fsp3) is 0.273. The zero-order valence-corrected chi connectivity index (χ0v) is 18.7. The number of pyridine rings is 1. The number of carbonyl (C=O) groups excluding carboxylic acids is 2. The Balaban J connectivity index is 1.59. The number of rotatable bonds is 7. The third kappa shape index (κ3) is 3.89. The average molecular weight is 472 g/mol. The summed E-state index contributed by atoms with van der Waals surface area (Å²) in [5.41, 5.74) is -0.980. The number of nitrogens with one attached hydrogen (secondary N) is 1. The number of hydrogen-bond acceptors (Lipinski definition) is 7. The van der Waals surface area contributed by atoms with E-state index in [4.69, 9.17) is 9.47 Å². The van der Waals surface area contributed by atoms with Gasteiger partial charge in [-0.1, -0.05) is 0 Å². The number of aliphatic carboxylic acids is 1. The molecule has 1 unspecified atom stereocenters. The number of carboxylic acids is 1. The Labute approximate surface area is 193 Å². The third-order valence-corrected chi connectivity index (χ3v) is 6.91. The minimum atomic E-state index is -1.68. The molecule has 0 aliphatic carbocycles. The van der Waals surface area contributed by atoms with Crippen LogP contribution in [0.2, 0.25) is 0 Å². The number of β-lactam (4-membered cyclic amide) rings is 1. The number of carboxylic acid groups (broad SMARTS) is 1. The summed E-state index contributed by atoms with van der Waals surface area (Å²) < 4.78 is 12.3. The highest BCUT2D eigenvalue weighted by Gasteiger charge is 2.66. The van der Waals surface area contributed by atoms with Crippen molar-refractivity contribution in [1.29, 1.82) is 0 Å². The van der Waals surface area contributed by atoms with Crippen LogP contribution in [0.15, 0.2) is 60.1 Å². The Morgan fingerprint density at radius 2 is 1.88 bits per heavy atom. The van der Waals surface area contributed by atoms with Crippen molar-refractivity contribution < 1.29 is 38.6 Å². The van der Waals surface area contributed by atoms with E-state index in [2.05, 4.69) is 5.32 Å². The molecule has 2 atom stereocenters. The van der Waals surface area contributed by atoms with Gasteiger partial charge in [0.05, 0.1) is 7.11 Å². The van der Waals surface area contributed by atoms with Crippen LogP contribution in [0.1, 0.15) is 10.4 Å². The van der Waals surface area contributed by atoms with Crippen LogP contribution in [0, 0.1) is 0 Å². The molecule has 10 nitrogen and oxygen atoms in total. The lowest BCUT2D eigenvalue weighted by Crippen LogP contribution is -2.80. The maximum Gasteiger partial charge on any atom is 0.352 e. The maximum atomic E-state index is 13.2. The van der Waals surface area contributed by atoms with E-state index in [1.165, 1.54) is 38.1 Å². The van der Waals surface area contributed by atoms with Gasteiger partial charge in [-0.25, -0.2) is 9.36 Å². The third-order valence-electron chi connectivity index (χ3n) is 5.53. The molecule has 33 heavy (non-hydrogen) atoms. The maximum absolute atomic E-state index is 13.2. The summed E-state index contributed by atoms with van der Waals surface area (Å²) in [7, 11) is 2.81. The highest BCUT2D eigenvalue weighted by Crippen LogP contribution is 2.46. The molecule has 0 radical (unpaired) electrons. The SMILES string of the molecule is COc1ccc(C(=O)NC2(OC)C(=O)N3C(C(=O)O)=C(C[n+]4ccc(O)cc4)CS[C@H]32)cc1. The summed E-state index contributed by atoms with van der Waals surface area (Å²) in [6.07, 6.45) is 3.23. The van der Waals surface area contributed by atoms with Crippen LogP contribution in [0.3, 0.4) is 0 Å². The number of hydrogen-bond donors (Lipinski definition) is 3. The van der Waals surface area contributed by atoms with Gasteiger partial charge in [0.15, 0.2) is 18.9 Å². The Kier molecular flexibility index (Phi) is 6.00. The van der Waals surface area contributed by atoms with Gasteiger partial charge >= 0.3 is 5.97 Å². The van der Waals surface area contributed by atoms with E-state index in [0.717, 1.165) is 4.90 Å². The number of methoxy groups -OCH3 is 2. The molecule has 1 aromatic heterocycles. The van der Waals surface area contributed by atoms with Gasteiger partial charge in [0.2, 0.25) is 0 Å². The van der Waals surface area contributed by atoms with Gasteiger partial charge in [-0.3, -0.25) is 14.5 Å². The molecular formula is C22H22N3O7S+. The molecule has 1 aromatic carbocycles. The van der Waals surface area contributed by atoms with Gasteiger partial charge in [0, 0.05) is 36.1 Å². The van der Waals surface area contributed by atoms with E-state index in [-0.39, 0.29) is 18.0 Å². The van der Waals surface area contributed by atoms with Gasteiger partial charge in [-0.05, 0) is 24.3 Å². The first kappa shape index (κ1) is 22.6. The lowest BCUT2D eigenvalue weighted by molar-refractivity contribution is -0.689. The van der Waals surface area contributed by atoms with E-state index < -0.39 is 28.9 Å². The number of aromatic hydroxyl groups is 1. The van der Waals surface area contributed by atoms with Crippen LogP contribution < -0.4 is 14.6 Å². The predicted octanol–water partition coefficient (Wildman–Crippen LogP) is 0.715. The van der Waals surface area contributed by atoms with Crippen LogP contribution in [0.5, 0.6) is 11.5 Å². The normalized spacial score (nSPS) is 21.8. The number of benzene rings is 1. The lowest BCUT2D eigenvalue weighted by Gasteiger charge is -2.55. The monoisotopic (exact) mass is 472 g/mol. The van der Waals surface area contributed by atoms with E-state index in [9.17, 15) is 24.6 Å². The van der Waals surface area contributed by atoms with Crippen molar-refractivity contribution in [3.05, 3.63) is 65.6 Å². The largest absolute Gasteiger partial charge is 0.507 e. The van der Waals surface area contributed by atoms with E-state index >= 15 is 0 Å². The number of fused-ring (bicyclic) bond motifs is 1. The van der Waals surface area contributed by atoms with Gasteiger partial charge in [-0.15, -0.1) is 11.8 Å². The quantitative estimate of drug-likeness (QED) is 0.305. The molecule has 1 saturated heterocycles. The van der Waals surface area contributed by atoms with Crippen LogP contribution in [0.4, 0.5) is 0 Å². The van der Waals surface area contributed by atoms with Crippen LogP contribution in [0.25, 0.3) is 0 Å². The van der Waals surface area contributed by atoms with E-state index in [1.54, 1.807) is 41.2 Å². The fourth-order valence-corrected chi connectivity index (χ4v) is 5.25. The van der Waals surface area contributed by atoms with Gasteiger partial charge in [0.25, 0.3) is 17.5 Å². The Bertz CT molecular complexity index is 1130.